The van der Waals surface area contributed by atoms with E-state index in [1.807, 2.05) is 37.4 Å². The maximum atomic E-state index is 12.4. The number of para-hydroxylation sites is 2. The first kappa shape index (κ1) is 16.6. The van der Waals surface area contributed by atoms with Gasteiger partial charge in [0.2, 0.25) is 5.91 Å². The standard InChI is InChI=1S/C19H25N3O2/c1-14(21-19(23)15-8-4-3-5-9-15)16-12-20-22(13-16)17-10-6-7-11-18(17)24-2/h6-7,10-15H,3-5,8-9H2,1-2H3,(H,21,23)/t14-/m1/s1. The van der Waals surface area contributed by atoms with Gasteiger partial charge in [0, 0.05) is 17.7 Å². The van der Waals surface area contributed by atoms with Crippen molar-refractivity contribution in [2.45, 2.75) is 45.1 Å². The number of ether oxygens (including phenoxy) is 1. The molecule has 1 atom stereocenters. The Balaban J connectivity index is 1.69. The lowest BCUT2D eigenvalue weighted by Gasteiger charge is -2.22. The van der Waals surface area contributed by atoms with Gasteiger partial charge in [-0.15, -0.1) is 0 Å². The van der Waals surface area contributed by atoms with Crippen molar-refractivity contribution in [3.8, 4) is 11.4 Å². The predicted octanol–water partition coefficient (Wildman–Crippen LogP) is 3.64. The molecule has 1 N–H and O–H groups in total. The van der Waals surface area contributed by atoms with Crippen LogP contribution in [0.3, 0.4) is 0 Å². The first-order valence-electron chi connectivity index (χ1n) is 8.67. The normalized spacial score (nSPS) is 16.6. The molecular weight excluding hydrogens is 302 g/mol. The highest BCUT2D eigenvalue weighted by molar-refractivity contribution is 5.79. The molecule has 1 aromatic carbocycles. The Hall–Kier alpha value is -2.30. The van der Waals surface area contributed by atoms with Gasteiger partial charge >= 0.3 is 0 Å². The molecule has 0 unspecified atom stereocenters. The van der Waals surface area contributed by atoms with Gasteiger partial charge in [-0.05, 0) is 31.9 Å². The molecule has 0 aliphatic heterocycles. The number of hydrogen-bond acceptors (Lipinski definition) is 3. The average Bonchev–Trinajstić information content (AvgIpc) is 3.12. The fourth-order valence-electron chi connectivity index (χ4n) is 3.29. The molecule has 128 valence electrons. The second kappa shape index (κ2) is 7.51. The third kappa shape index (κ3) is 3.61. The maximum Gasteiger partial charge on any atom is 0.223 e. The maximum absolute atomic E-state index is 12.4. The summed E-state index contributed by atoms with van der Waals surface area (Å²) in [6.45, 7) is 2.00. The number of methoxy groups -OCH3 is 1. The van der Waals surface area contributed by atoms with Gasteiger partial charge in [0.1, 0.15) is 11.4 Å². The first-order chi connectivity index (χ1) is 11.7. The second-order valence-corrected chi connectivity index (χ2v) is 6.46. The number of amides is 1. The van der Waals surface area contributed by atoms with E-state index in [1.165, 1.54) is 6.42 Å². The molecule has 1 heterocycles. The Kier molecular flexibility index (Phi) is 5.18. The van der Waals surface area contributed by atoms with E-state index in [2.05, 4.69) is 10.4 Å². The minimum absolute atomic E-state index is 0.0529. The highest BCUT2D eigenvalue weighted by atomic mass is 16.5. The molecule has 0 spiro atoms. The summed E-state index contributed by atoms with van der Waals surface area (Å²) in [6, 6.07) is 7.70. The van der Waals surface area contributed by atoms with Crippen LogP contribution in [0.25, 0.3) is 5.69 Å². The number of carbonyl (C=O) groups is 1. The Morgan fingerprint density at radius 3 is 2.79 bits per heavy atom. The van der Waals surface area contributed by atoms with Gasteiger partial charge in [-0.25, -0.2) is 4.68 Å². The minimum Gasteiger partial charge on any atom is -0.494 e. The highest BCUT2D eigenvalue weighted by Crippen LogP contribution is 2.26. The number of aromatic nitrogens is 2. The summed E-state index contributed by atoms with van der Waals surface area (Å²) < 4.78 is 7.17. The average molecular weight is 327 g/mol. The van der Waals surface area contributed by atoms with Gasteiger partial charge < -0.3 is 10.1 Å². The van der Waals surface area contributed by atoms with Crippen LogP contribution in [0, 0.1) is 5.92 Å². The lowest BCUT2D eigenvalue weighted by molar-refractivity contribution is -0.126. The van der Waals surface area contributed by atoms with Crippen LogP contribution in [0.5, 0.6) is 5.75 Å². The summed E-state index contributed by atoms with van der Waals surface area (Å²) in [6.07, 6.45) is 9.36. The number of nitrogens with zero attached hydrogens (tertiary/aromatic N) is 2. The van der Waals surface area contributed by atoms with Crippen LogP contribution in [0.4, 0.5) is 0 Å². The van der Waals surface area contributed by atoms with E-state index in [0.29, 0.717) is 0 Å². The molecule has 1 aliphatic carbocycles. The van der Waals surface area contributed by atoms with Crippen molar-refractivity contribution < 1.29 is 9.53 Å². The van der Waals surface area contributed by atoms with Gasteiger partial charge in [-0.2, -0.15) is 5.10 Å². The summed E-state index contributed by atoms with van der Waals surface area (Å²) in [5.74, 6) is 1.11. The highest BCUT2D eigenvalue weighted by Gasteiger charge is 2.23. The molecule has 24 heavy (non-hydrogen) atoms. The van der Waals surface area contributed by atoms with Crippen LogP contribution in [0.15, 0.2) is 36.7 Å². The molecule has 0 bridgehead atoms. The van der Waals surface area contributed by atoms with Crippen molar-refractivity contribution in [2.24, 2.45) is 5.92 Å². The van der Waals surface area contributed by atoms with Crippen molar-refractivity contribution >= 4 is 5.91 Å². The molecular formula is C19H25N3O2. The summed E-state index contributed by atoms with van der Waals surface area (Å²) in [4.78, 5) is 12.4. The van der Waals surface area contributed by atoms with Gasteiger partial charge in [0.15, 0.2) is 0 Å². The zero-order chi connectivity index (χ0) is 16.9. The van der Waals surface area contributed by atoms with Crippen LogP contribution < -0.4 is 10.1 Å². The molecule has 5 nitrogen and oxygen atoms in total. The van der Waals surface area contributed by atoms with Crippen molar-refractivity contribution in [1.29, 1.82) is 0 Å². The molecule has 1 saturated carbocycles. The van der Waals surface area contributed by atoms with Crippen LogP contribution >= 0.6 is 0 Å². The Morgan fingerprint density at radius 2 is 2.04 bits per heavy atom. The van der Waals surface area contributed by atoms with Crippen molar-refractivity contribution in [1.82, 2.24) is 15.1 Å². The van der Waals surface area contributed by atoms with Crippen molar-refractivity contribution in [2.75, 3.05) is 7.11 Å². The zero-order valence-corrected chi connectivity index (χ0v) is 14.4. The fraction of sp³-hybridized carbons (Fsp3) is 0.474. The molecule has 1 aromatic heterocycles. The third-order valence-corrected chi connectivity index (χ3v) is 4.77. The largest absolute Gasteiger partial charge is 0.494 e. The number of benzene rings is 1. The van der Waals surface area contributed by atoms with Gasteiger partial charge in [0.05, 0.1) is 19.3 Å². The molecule has 1 aliphatic rings. The molecule has 3 rings (SSSR count). The third-order valence-electron chi connectivity index (χ3n) is 4.77. The summed E-state index contributed by atoms with van der Waals surface area (Å²) >= 11 is 0. The topological polar surface area (TPSA) is 56.1 Å². The monoisotopic (exact) mass is 327 g/mol. The lowest BCUT2D eigenvalue weighted by atomic mass is 9.88. The van der Waals surface area contributed by atoms with E-state index in [-0.39, 0.29) is 17.9 Å². The van der Waals surface area contributed by atoms with E-state index in [4.69, 9.17) is 4.74 Å². The Bertz CT molecular complexity index is 689. The van der Waals surface area contributed by atoms with Crippen LogP contribution in [-0.4, -0.2) is 22.8 Å². The Morgan fingerprint density at radius 1 is 1.29 bits per heavy atom. The minimum atomic E-state index is -0.0529. The fourth-order valence-corrected chi connectivity index (χ4v) is 3.29. The SMILES string of the molecule is COc1ccccc1-n1cc([C@@H](C)NC(=O)C2CCCCC2)cn1. The molecule has 2 aromatic rings. The molecule has 5 heteroatoms. The summed E-state index contributed by atoms with van der Waals surface area (Å²) in [5.41, 5.74) is 1.88. The molecule has 1 amide bonds. The number of hydrogen-bond donors (Lipinski definition) is 1. The van der Waals surface area contributed by atoms with Gasteiger partial charge in [-0.1, -0.05) is 31.4 Å². The van der Waals surface area contributed by atoms with E-state index in [0.717, 1.165) is 42.7 Å². The Labute approximate surface area is 143 Å². The first-order valence-corrected chi connectivity index (χ1v) is 8.67. The quantitative estimate of drug-likeness (QED) is 0.912. The van der Waals surface area contributed by atoms with Gasteiger partial charge in [-0.3, -0.25) is 4.79 Å². The van der Waals surface area contributed by atoms with Crippen LogP contribution in [0.1, 0.15) is 50.6 Å². The molecule has 0 radical (unpaired) electrons. The molecule has 1 fully saturated rings. The van der Waals surface area contributed by atoms with Crippen molar-refractivity contribution in [3.63, 3.8) is 0 Å². The van der Waals surface area contributed by atoms with Crippen LogP contribution in [-0.2, 0) is 4.79 Å². The van der Waals surface area contributed by atoms with E-state index < -0.39 is 0 Å². The number of rotatable bonds is 5. The van der Waals surface area contributed by atoms with E-state index in [1.54, 1.807) is 18.0 Å². The van der Waals surface area contributed by atoms with E-state index >= 15 is 0 Å². The second-order valence-electron chi connectivity index (χ2n) is 6.46. The predicted molar refractivity (Wildman–Crippen MR) is 93.2 cm³/mol. The zero-order valence-electron chi connectivity index (χ0n) is 14.4. The molecule has 0 saturated heterocycles. The smallest absolute Gasteiger partial charge is 0.223 e. The van der Waals surface area contributed by atoms with Crippen LogP contribution in [0.2, 0.25) is 0 Å². The summed E-state index contributed by atoms with van der Waals surface area (Å²) in [7, 11) is 1.65. The van der Waals surface area contributed by atoms with Crippen molar-refractivity contribution in [3.05, 3.63) is 42.2 Å². The summed E-state index contributed by atoms with van der Waals surface area (Å²) in [5, 5.41) is 7.56. The number of carbonyl (C=O) groups excluding carboxylic acids is 1. The lowest BCUT2D eigenvalue weighted by Crippen LogP contribution is -2.33. The number of nitrogens with one attached hydrogen (secondary N) is 1. The van der Waals surface area contributed by atoms with Gasteiger partial charge in [0.25, 0.3) is 0 Å². The van der Waals surface area contributed by atoms with E-state index in [9.17, 15) is 4.79 Å².